The van der Waals surface area contributed by atoms with Crippen LogP contribution in [-0.2, 0) is 0 Å². The van der Waals surface area contributed by atoms with Gasteiger partial charge in [-0.2, -0.15) is 11.3 Å². The summed E-state index contributed by atoms with van der Waals surface area (Å²) < 4.78 is 0. The number of hydrogen-bond acceptors (Lipinski definition) is 3. The van der Waals surface area contributed by atoms with Crippen molar-refractivity contribution in [1.29, 1.82) is 0 Å². The summed E-state index contributed by atoms with van der Waals surface area (Å²) in [5.74, 6) is 0. The van der Waals surface area contributed by atoms with Gasteiger partial charge in [-0.3, -0.25) is 10.1 Å². The smallest absolute Gasteiger partial charge is 0.194 e. The SMILES string of the molecule is C[N+](=O)[O-].c1ccsc1. The van der Waals surface area contributed by atoms with E-state index in [9.17, 15) is 0 Å². The zero-order valence-electron chi connectivity index (χ0n) is 4.98. The summed E-state index contributed by atoms with van der Waals surface area (Å²) in [6, 6.07) is 4.04. The van der Waals surface area contributed by atoms with E-state index in [0.717, 1.165) is 7.05 Å². The molecule has 1 heterocycles. The molecule has 0 N–H and O–H groups in total. The molecule has 1 aromatic heterocycles. The summed E-state index contributed by atoms with van der Waals surface area (Å²) in [5, 5.41) is 12.9. The molecule has 1 rings (SSSR count). The maximum absolute atomic E-state index is 8.81. The molecule has 0 bridgehead atoms. The van der Waals surface area contributed by atoms with Crippen molar-refractivity contribution in [2.24, 2.45) is 0 Å². The molecule has 0 saturated heterocycles. The van der Waals surface area contributed by atoms with Crippen molar-refractivity contribution >= 4 is 11.3 Å². The van der Waals surface area contributed by atoms with E-state index in [1.54, 1.807) is 11.3 Å². The average molecular weight is 145 g/mol. The molecular formula is C5H7NO2S. The van der Waals surface area contributed by atoms with Gasteiger partial charge < -0.3 is 0 Å². The second-order valence-corrected chi connectivity index (χ2v) is 2.05. The van der Waals surface area contributed by atoms with Gasteiger partial charge in [0.05, 0.1) is 0 Å². The zero-order chi connectivity index (χ0) is 7.11. The van der Waals surface area contributed by atoms with Gasteiger partial charge >= 0.3 is 0 Å². The van der Waals surface area contributed by atoms with Gasteiger partial charge in [-0.25, -0.2) is 0 Å². The van der Waals surface area contributed by atoms with E-state index in [1.165, 1.54) is 0 Å². The Morgan fingerprint density at radius 2 is 1.78 bits per heavy atom. The number of hydrogen-bond donors (Lipinski definition) is 0. The molecule has 50 valence electrons. The fourth-order valence-corrected chi connectivity index (χ4v) is 0.680. The molecule has 0 radical (unpaired) electrons. The van der Waals surface area contributed by atoms with Crippen molar-refractivity contribution in [3.05, 3.63) is 33.0 Å². The highest BCUT2D eigenvalue weighted by atomic mass is 32.1. The molecule has 0 aliphatic heterocycles. The third-order valence-corrected chi connectivity index (χ3v) is 1.05. The molecule has 0 amide bonds. The van der Waals surface area contributed by atoms with Crippen LogP contribution >= 0.6 is 11.3 Å². The molecule has 4 heteroatoms. The maximum atomic E-state index is 8.81. The number of nitro groups is 1. The van der Waals surface area contributed by atoms with E-state index >= 15 is 0 Å². The van der Waals surface area contributed by atoms with Gasteiger partial charge in [0.25, 0.3) is 0 Å². The lowest BCUT2D eigenvalue weighted by Gasteiger charge is -1.63. The van der Waals surface area contributed by atoms with Gasteiger partial charge in [0.2, 0.25) is 0 Å². The van der Waals surface area contributed by atoms with E-state index in [1.807, 2.05) is 22.9 Å². The van der Waals surface area contributed by atoms with Crippen LogP contribution in [0.5, 0.6) is 0 Å². The van der Waals surface area contributed by atoms with E-state index in [4.69, 9.17) is 10.1 Å². The van der Waals surface area contributed by atoms with E-state index in [-0.39, 0.29) is 0 Å². The summed E-state index contributed by atoms with van der Waals surface area (Å²) in [5.41, 5.74) is 0. The fourth-order valence-electron chi connectivity index (χ4n) is 0.227. The highest BCUT2D eigenvalue weighted by molar-refractivity contribution is 7.07. The number of nitrogens with zero attached hydrogens (tertiary/aromatic N) is 1. The first kappa shape index (κ1) is 8.10. The van der Waals surface area contributed by atoms with Gasteiger partial charge in [0.15, 0.2) is 7.05 Å². The summed E-state index contributed by atoms with van der Waals surface area (Å²) in [6.07, 6.45) is 0. The topological polar surface area (TPSA) is 43.1 Å². The fraction of sp³-hybridized carbons (Fsp3) is 0.200. The van der Waals surface area contributed by atoms with Crippen LogP contribution in [0.2, 0.25) is 0 Å². The highest BCUT2D eigenvalue weighted by Gasteiger charge is 1.58. The Hall–Kier alpha value is -0.900. The lowest BCUT2D eigenvalue weighted by atomic mass is 10.7. The van der Waals surface area contributed by atoms with Crippen molar-refractivity contribution in [3.63, 3.8) is 0 Å². The monoisotopic (exact) mass is 145 g/mol. The van der Waals surface area contributed by atoms with Crippen LogP contribution in [0.1, 0.15) is 0 Å². The molecule has 9 heavy (non-hydrogen) atoms. The minimum Gasteiger partial charge on any atom is -0.265 e. The van der Waals surface area contributed by atoms with Gasteiger partial charge in [0, 0.05) is 4.92 Å². The lowest BCUT2D eigenvalue weighted by Crippen LogP contribution is -1.79. The second kappa shape index (κ2) is 5.24. The third kappa shape index (κ3) is 11.0. The molecule has 0 saturated carbocycles. The first-order chi connectivity index (χ1) is 4.23. The van der Waals surface area contributed by atoms with Gasteiger partial charge in [-0.05, 0) is 10.8 Å². The van der Waals surface area contributed by atoms with Crippen LogP contribution < -0.4 is 0 Å². The van der Waals surface area contributed by atoms with Crippen molar-refractivity contribution in [2.75, 3.05) is 7.05 Å². The number of thiophene rings is 1. The first-order valence-electron chi connectivity index (χ1n) is 2.28. The quantitative estimate of drug-likeness (QED) is 0.411. The summed E-state index contributed by atoms with van der Waals surface area (Å²) in [7, 11) is 0.889. The van der Waals surface area contributed by atoms with Crippen LogP contribution in [0, 0.1) is 10.1 Å². The molecule has 1 aromatic rings. The Balaban J connectivity index is 0.000000148. The molecule has 0 unspecified atom stereocenters. The van der Waals surface area contributed by atoms with E-state index < -0.39 is 4.92 Å². The maximum Gasteiger partial charge on any atom is 0.194 e. The summed E-state index contributed by atoms with van der Waals surface area (Å²) in [4.78, 5) is 8.31. The first-order valence-corrected chi connectivity index (χ1v) is 3.23. The van der Waals surface area contributed by atoms with Gasteiger partial charge in [-0.1, -0.05) is 12.1 Å². The third-order valence-electron chi connectivity index (χ3n) is 0.425. The minimum absolute atomic E-state index is 0.500. The Morgan fingerprint density at radius 1 is 1.44 bits per heavy atom. The zero-order valence-corrected chi connectivity index (χ0v) is 5.80. The van der Waals surface area contributed by atoms with E-state index in [0.29, 0.717) is 0 Å². The average Bonchev–Trinajstić information content (AvgIpc) is 2.11. The van der Waals surface area contributed by atoms with Crippen molar-refractivity contribution < 1.29 is 4.92 Å². The molecule has 0 aliphatic rings. The predicted molar refractivity (Wildman–Crippen MR) is 37.2 cm³/mol. The Labute approximate surface area is 57.1 Å². The minimum atomic E-state index is -0.500. The standard InChI is InChI=1S/C4H4S.CH3NO2/c1-2-4-5-3-1;1-2(3)4/h1-4H;1H3. The van der Waals surface area contributed by atoms with Crippen LogP contribution in [0.3, 0.4) is 0 Å². The van der Waals surface area contributed by atoms with Crippen molar-refractivity contribution in [3.8, 4) is 0 Å². The number of rotatable bonds is 0. The molecule has 0 spiro atoms. The summed E-state index contributed by atoms with van der Waals surface area (Å²) in [6.45, 7) is 0. The largest absolute Gasteiger partial charge is 0.265 e. The van der Waals surface area contributed by atoms with Gasteiger partial charge in [0.1, 0.15) is 0 Å². The normalized spacial score (nSPS) is 7.22. The second-order valence-electron chi connectivity index (χ2n) is 1.23. The molecule has 3 nitrogen and oxygen atoms in total. The van der Waals surface area contributed by atoms with E-state index in [2.05, 4.69) is 0 Å². The molecule has 0 aromatic carbocycles. The molecule has 0 fully saturated rings. The Kier molecular flexibility index (Phi) is 4.72. The van der Waals surface area contributed by atoms with Crippen LogP contribution in [0.4, 0.5) is 0 Å². The van der Waals surface area contributed by atoms with Crippen molar-refractivity contribution in [1.82, 2.24) is 0 Å². The van der Waals surface area contributed by atoms with Crippen LogP contribution in [0.15, 0.2) is 22.9 Å². The van der Waals surface area contributed by atoms with Crippen LogP contribution in [0.25, 0.3) is 0 Å². The molecular weight excluding hydrogens is 138 g/mol. The van der Waals surface area contributed by atoms with Crippen LogP contribution in [-0.4, -0.2) is 12.0 Å². The molecule has 0 atom stereocenters. The Morgan fingerprint density at radius 3 is 1.89 bits per heavy atom. The summed E-state index contributed by atoms with van der Waals surface area (Å²) >= 11 is 1.71. The highest BCUT2D eigenvalue weighted by Crippen LogP contribution is 1.91. The predicted octanol–water partition coefficient (Wildman–Crippen LogP) is 1.64. The van der Waals surface area contributed by atoms with Crippen molar-refractivity contribution in [2.45, 2.75) is 0 Å². The molecule has 0 aliphatic carbocycles. The Bertz CT molecular complexity index is 129. The lowest BCUT2D eigenvalue weighted by molar-refractivity contribution is -0.445. The van der Waals surface area contributed by atoms with Gasteiger partial charge in [-0.15, -0.1) is 0 Å².